The van der Waals surface area contributed by atoms with Gasteiger partial charge in [-0.3, -0.25) is 0 Å². The number of imidazole rings is 1. The van der Waals surface area contributed by atoms with Gasteiger partial charge in [-0.2, -0.15) is 0 Å². The minimum atomic E-state index is 0.581. The Balaban J connectivity index is 1.82. The van der Waals surface area contributed by atoms with Gasteiger partial charge in [-0.1, -0.05) is 31.9 Å². The summed E-state index contributed by atoms with van der Waals surface area (Å²) in [4.78, 5) is 13.4. The Hall–Kier alpha value is -0.910. The summed E-state index contributed by atoms with van der Waals surface area (Å²) in [5.41, 5.74) is 0.963. The van der Waals surface area contributed by atoms with Crippen molar-refractivity contribution in [2.75, 3.05) is 0 Å². The molecule has 0 aromatic carbocycles. The van der Waals surface area contributed by atoms with Crippen LogP contribution < -0.4 is 5.32 Å². The molecule has 20 heavy (non-hydrogen) atoms. The highest BCUT2D eigenvalue weighted by molar-refractivity contribution is 7.11. The van der Waals surface area contributed by atoms with Crippen LogP contribution in [-0.2, 0) is 25.9 Å². The fourth-order valence-corrected chi connectivity index (χ4v) is 2.96. The zero-order valence-electron chi connectivity index (χ0n) is 12.0. The third-order valence-electron chi connectivity index (χ3n) is 3.07. The molecular weight excluding hydrogens is 292 g/mol. The van der Waals surface area contributed by atoms with E-state index in [0.29, 0.717) is 11.7 Å². The van der Waals surface area contributed by atoms with Crippen molar-refractivity contribution in [2.24, 2.45) is 0 Å². The molecule has 0 amide bonds. The number of aromatic nitrogens is 3. The standard InChI is InChI=1S/C14H21ClN4S/c1-3-5-6-12-18-11(14(15)19-12)8-16-9-13-17-7-10(4-2)20-13/h7,16H,3-6,8-9H2,1-2H3,(H,18,19). The van der Waals surface area contributed by atoms with Gasteiger partial charge >= 0.3 is 0 Å². The Morgan fingerprint density at radius 1 is 1.35 bits per heavy atom. The van der Waals surface area contributed by atoms with Crippen molar-refractivity contribution in [3.05, 3.63) is 32.8 Å². The lowest BCUT2D eigenvalue weighted by molar-refractivity contribution is 0.676. The van der Waals surface area contributed by atoms with Crippen molar-refractivity contribution in [3.63, 3.8) is 0 Å². The summed E-state index contributed by atoms with van der Waals surface area (Å²) in [6.45, 7) is 5.78. The number of nitrogens with one attached hydrogen (secondary N) is 2. The van der Waals surface area contributed by atoms with E-state index in [0.717, 1.165) is 48.8 Å². The minimum Gasteiger partial charge on any atom is -0.344 e. The lowest BCUT2D eigenvalue weighted by Crippen LogP contribution is -2.13. The molecule has 0 aliphatic rings. The first kappa shape index (κ1) is 15.5. The predicted octanol–water partition coefficient (Wildman–Crippen LogP) is 3.71. The second-order valence-corrected chi connectivity index (χ2v) is 6.29. The van der Waals surface area contributed by atoms with E-state index in [-0.39, 0.29) is 0 Å². The van der Waals surface area contributed by atoms with Crippen molar-refractivity contribution in [3.8, 4) is 0 Å². The summed E-state index contributed by atoms with van der Waals surface area (Å²) < 4.78 is 0. The first-order valence-electron chi connectivity index (χ1n) is 7.10. The summed E-state index contributed by atoms with van der Waals surface area (Å²) in [7, 11) is 0. The Labute approximate surface area is 129 Å². The topological polar surface area (TPSA) is 53.6 Å². The molecule has 2 N–H and O–H groups in total. The number of thiazole rings is 1. The third kappa shape index (κ3) is 4.30. The van der Waals surface area contributed by atoms with E-state index in [1.54, 1.807) is 11.3 Å². The molecule has 0 saturated heterocycles. The molecule has 4 nitrogen and oxygen atoms in total. The number of hydrogen-bond acceptors (Lipinski definition) is 4. The molecule has 0 aliphatic carbocycles. The van der Waals surface area contributed by atoms with Crippen molar-refractivity contribution >= 4 is 22.9 Å². The number of aromatic amines is 1. The summed E-state index contributed by atoms with van der Waals surface area (Å²) in [5, 5.41) is 5.05. The number of rotatable bonds is 8. The molecule has 0 aliphatic heterocycles. The number of aryl methyl sites for hydroxylation is 2. The van der Waals surface area contributed by atoms with Crippen molar-refractivity contribution in [1.82, 2.24) is 20.3 Å². The zero-order valence-corrected chi connectivity index (χ0v) is 13.6. The predicted molar refractivity (Wildman–Crippen MR) is 84.2 cm³/mol. The van der Waals surface area contributed by atoms with Gasteiger partial charge in [0.05, 0.1) is 5.69 Å². The van der Waals surface area contributed by atoms with E-state index in [2.05, 4.69) is 34.1 Å². The van der Waals surface area contributed by atoms with Gasteiger partial charge in [-0.25, -0.2) is 9.97 Å². The molecule has 2 aromatic rings. The van der Waals surface area contributed by atoms with Gasteiger partial charge in [0.2, 0.25) is 0 Å². The van der Waals surface area contributed by atoms with E-state index < -0.39 is 0 Å². The fourth-order valence-electron chi connectivity index (χ4n) is 1.91. The van der Waals surface area contributed by atoms with Gasteiger partial charge in [-0.15, -0.1) is 11.3 Å². The number of H-pyrrole nitrogens is 1. The Morgan fingerprint density at radius 2 is 2.20 bits per heavy atom. The molecule has 2 heterocycles. The van der Waals surface area contributed by atoms with Crippen LogP contribution in [0, 0.1) is 0 Å². The largest absolute Gasteiger partial charge is 0.344 e. The van der Waals surface area contributed by atoms with Crippen molar-refractivity contribution in [1.29, 1.82) is 0 Å². The monoisotopic (exact) mass is 312 g/mol. The van der Waals surface area contributed by atoms with Gasteiger partial charge in [-0.05, 0) is 12.8 Å². The van der Waals surface area contributed by atoms with Gasteiger partial charge in [0.15, 0.2) is 5.15 Å². The first-order chi connectivity index (χ1) is 9.72. The van der Waals surface area contributed by atoms with Crippen LogP contribution in [0.2, 0.25) is 5.15 Å². The van der Waals surface area contributed by atoms with Gasteiger partial charge in [0.25, 0.3) is 0 Å². The van der Waals surface area contributed by atoms with Crippen LogP contribution in [0.1, 0.15) is 48.1 Å². The SMILES string of the molecule is CCCCc1nc(Cl)c(CNCc2ncc(CC)s2)[nH]1. The molecule has 0 unspecified atom stereocenters. The average molecular weight is 313 g/mol. The average Bonchev–Trinajstić information content (AvgIpc) is 3.04. The van der Waals surface area contributed by atoms with Gasteiger partial charge in [0, 0.05) is 30.6 Å². The first-order valence-corrected chi connectivity index (χ1v) is 8.29. The second kappa shape index (κ2) is 7.76. The summed E-state index contributed by atoms with van der Waals surface area (Å²) in [6.07, 6.45) is 6.26. The van der Waals surface area contributed by atoms with Crippen LogP contribution >= 0.6 is 22.9 Å². The smallest absolute Gasteiger partial charge is 0.151 e. The Kier molecular flexibility index (Phi) is 6.01. The number of nitrogens with zero attached hydrogens (tertiary/aromatic N) is 2. The zero-order chi connectivity index (χ0) is 14.4. The number of halogens is 1. The molecule has 0 atom stereocenters. The lowest BCUT2D eigenvalue weighted by Gasteiger charge is -2.00. The van der Waals surface area contributed by atoms with Crippen LogP contribution in [-0.4, -0.2) is 15.0 Å². The summed E-state index contributed by atoms with van der Waals surface area (Å²) in [6, 6.07) is 0. The minimum absolute atomic E-state index is 0.581. The van der Waals surface area contributed by atoms with E-state index in [1.165, 1.54) is 4.88 Å². The molecule has 2 rings (SSSR count). The highest BCUT2D eigenvalue weighted by Crippen LogP contribution is 2.15. The maximum absolute atomic E-state index is 6.14. The Morgan fingerprint density at radius 3 is 2.90 bits per heavy atom. The number of hydrogen-bond donors (Lipinski definition) is 2. The highest BCUT2D eigenvalue weighted by atomic mass is 35.5. The maximum Gasteiger partial charge on any atom is 0.151 e. The Bertz CT molecular complexity index is 535. The van der Waals surface area contributed by atoms with E-state index in [9.17, 15) is 0 Å². The molecule has 110 valence electrons. The van der Waals surface area contributed by atoms with Crippen LogP contribution in [0.4, 0.5) is 0 Å². The van der Waals surface area contributed by atoms with Gasteiger partial charge in [0.1, 0.15) is 10.8 Å². The fraction of sp³-hybridized carbons (Fsp3) is 0.571. The number of unbranched alkanes of at least 4 members (excludes halogenated alkanes) is 1. The normalized spacial score (nSPS) is 11.2. The third-order valence-corrected chi connectivity index (χ3v) is 4.53. The van der Waals surface area contributed by atoms with Crippen LogP contribution in [0.5, 0.6) is 0 Å². The van der Waals surface area contributed by atoms with Crippen molar-refractivity contribution < 1.29 is 0 Å². The molecule has 2 aromatic heterocycles. The molecule has 0 saturated carbocycles. The maximum atomic E-state index is 6.14. The van der Waals surface area contributed by atoms with Crippen LogP contribution in [0.25, 0.3) is 0 Å². The molecular formula is C14H21ClN4S. The summed E-state index contributed by atoms with van der Waals surface area (Å²) in [5.74, 6) is 0.983. The molecule has 0 bridgehead atoms. The molecule has 0 spiro atoms. The van der Waals surface area contributed by atoms with E-state index >= 15 is 0 Å². The highest BCUT2D eigenvalue weighted by Gasteiger charge is 2.08. The molecule has 0 radical (unpaired) electrons. The second-order valence-electron chi connectivity index (χ2n) is 4.73. The molecule has 6 heteroatoms. The van der Waals surface area contributed by atoms with Crippen LogP contribution in [0.15, 0.2) is 6.20 Å². The van der Waals surface area contributed by atoms with Gasteiger partial charge < -0.3 is 10.3 Å². The quantitative estimate of drug-likeness (QED) is 0.781. The van der Waals surface area contributed by atoms with E-state index in [4.69, 9.17) is 11.6 Å². The molecule has 0 fully saturated rings. The summed E-state index contributed by atoms with van der Waals surface area (Å²) >= 11 is 7.89. The van der Waals surface area contributed by atoms with E-state index in [1.807, 2.05) is 6.20 Å². The van der Waals surface area contributed by atoms with Crippen molar-refractivity contribution in [2.45, 2.75) is 52.6 Å². The lowest BCUT2D eigenvalue weighted by atomic mass is 10.2. The van der Waals surface area contributed by atoms with Crippen LogP contribution in [0.3, 0.4) is 0 Å².